The lowest BCUT2D eigenvalue weighted by Gasteiger charge is -2.15. The Morgan fingerprint density at radius 1 is 1.56 bits per heavy atom. The zero-order valence-corrected chi connectivity index (χ0v) is 9.10. The third-order valence-corrected chi connectivity index (χ3v) is 1.91. The quantitative estimate of drug-likeness (QED) is 0.772. The van der Waals surface area contributed by atoms with E-state index in [0.717, 1.165) is 0 Å². The van der Waals surface area contributed by atoms with Crippen LogP contribution in [-0.4, -0.2) is 27.0 Å². The first-order chi connectivity index (χ1) is 7.49. The number of carboxylic acid groups (broad SMARTS) is 1. The molecule has 1 unspecified atom stereocenters. The molecule has 0 saturated carbocycles. The van der Waals surface area contributed by atoms with E-state index in [0.29, 0.717) is 11.5 Å². The van der Waals surface area contributed by atoms with Gasteiger partial charge in [-0.05, 0) is 13.0 Å². The van der Waals surface area contributed by atoms with E-state index in [9.17, 15) is 9.59 Å². The zero-order valence-electron chi connectivity index (χ0n) is 9.10. The van der Waals surface area contributed by atoms with Gasteiger partial charge in [0.2, 0.25) is 5.91 Å². The number of rotatable bonds is 4. The molecule has 0 saturated heterocycles. The topological polar surface area (TPSA) is 92.2 Å². The fraction of sp³-hybridized carbons (Fsp3) is 0.400. The summed E-state index contributed by atoms with van der Waals surface area (Å²) in [6, 6.07) is 0.980. The number of carbonyl (C=O) groups excluding carboxylic acids is 1. The van der Waals surface area contributed by atoms with Gasteiger partial charge in [0.25, 0.3) is 0 Å². The van der Waals surface area contributed by atoms with Crippen molar-refractivity contribution in [3.63, 3.8) is 0 Å². The van der Waals surface area contributed by atoms with E-state index in [1.54, 1.807) is 13.0 Å². The second kappa shape index (κ2) is 5.20. The van der Waals surface area contributed by atoms with Crippen molar-refractivity contribution in [1.29, 1.82) is 0 Å². The molecule has 1 heterocycles. The van der Waals surface area contributed by atoms with Gasteiger partial charge in [0.15, 0.2) is 0 Å². The summed E-state index contributed by atoms with van der Waals surface area (Å²) in [5.41, 5.74) is 0.505. The van der Waals surface area contributed by atoms with Crippen LogP contribution in [0.15, 0.2) is 12.3 Å². The average Bonchev–Trinajstić information content (AvgIpc) is 2.15. The molecule has 1 aromatic heterocycles. The number of hydrogen-bond acceptors (Lipinski definition) is 4. The second-order valence-electron chi connectivity index (χ2n) is 3.38. The largest absolute Gasteiger partial charge is 0.481 e. The standard InChI is InChI=1S/C10H13N3O3/c1-6-11-4-3-8(12-6)9(5-10(15)16)13-7(2)14/h3-4,9H,5H2,1-2H3,(H,13,14)(H,15,16). The fourth-order valence-corrected chi connectivity index (χ4v) is 1.32. The molecule has 0 aromatic carbocycles. The molecule has 0 bridgehead atoms. The number of nitrogens with zero attached hydrogens (tertiary/aromatic N) is 2. The number of nitrogens with one attached hydrogen (secondary N) is 1. The molecule has 2 N–H and O–H groups in total. The van der Waals surface area contributed by atoms with E-state index in [-0.39, 0.29) is 12.3 Å². The molecule has 1 rings (SSSR count). The third-order valence-electron chi connectivity index (χ3n) is 1.91. The molecule has 16 heavy (non-hydrogen) atoms. The van der Waals surface area contributed by atoms with Crippen LogP contribution < -0.4 is 5.32 Å². The molecule has 86 valence electrons. The number of carboxylic acids is 1. The fourth-order valence-electron chi connectivity index (χ4n) is 1.32. The Morgan fingerprint density at radius 3 is 2.75 bits per heavy atom. The summed E-state index contributed by atoms with van der Waals surface area (Å²) >= 11 is 0. The van der Waals surface area contributed by atoms with Crippen LogP contribution >= 0.6 is 0 Å². The third kappa shape index (κ3) is 3.64. The van der Waals surface area contributed by atoms with Gasteiger partial charge in [0.05, 0.1) is 18.2 Å². The molecule has 0 fully saturated rings. The second-order valence-corrected chi connectivity index (χ2v) is 3.38. The molecule has 6 heteroatoms. The molecule has 1 atom stereocenters. The Labute approximate surface area is 92.7 Å². The van der Waals surface area contributed by atoms with Crippen molar-refractivity contribution in [3.8, 4) is 0 Å². The number of amides is 1. The van der Waals surface area contributed by atoms with E-state index in [2.05, 4.69) is 15.3 Å². The lowest BCUT2D eigenvalue weighted by molar-refractivity contribution is -0.137. The van der Waals surface area contributed by atoms with Crippen molar-refractivity contribution < 1.29 is 14.7 Å². The molecule has 6 nitrogen and oxygen atoms in total. The van der Waals surface area contributed by atoms with Crippen LogP contribution in [0.2, 0.25) is 0 Å². The number of aromatic nitrogens is 2. The van der Waals surface area contributed by atoms with Crippen LogP contribution in [0.1, 0.15) is 30.9 Å². The Hall–Kier alpha value is -1.98. The predicted molar refractivity (Wildman–Crippen MR) is 55.6 cm³/mol. The number of carbonyl (C=O) groups is 2. The molecule has 1 amide bonds. The first kappa shape index (κ1) is 12.1. The Balaban J connectivity index is 2.90. The summed E-state index contributed by atoms with van der Waals surface area (Å²) in [7, 11) is 0. The number of aliphatic carboxylic acids is 1. The maximum atomic E-state index is 10.9. The van der Waals surface area contributed by atoms with Gasteiger partial charge in [-0.3, -0.25) is 9.59 Å². The highest BCUT2D eigenvalue weighted by Gasteiger charge is 2.17. The summed E-state index contributed by atoms with van der Waals surface area (Å²) in [6.45, 7) is 3.04. The van der Waals surface area contributed by atoms with Crippen LogP contribution in [0.25, 0.3) is 0 Å². The van der Waals surface area contributed by atoms with Gasteiger partial charge in [-0.15, -0.1) is 0 Å². The number of hydrogen-bond donors (Lipinski definition) is 2. The molecule has 0 aliphatic heterocycles. The summed E-state index contributed by atoms with van der Waals surface area (Å²) < 4.78 is 0. The molecular formula is C10H13N3O3. The Morgan fingerprint density at radius 2 is 2.25 bits per heavy atom. The minimum Gasteiger partial charge on any atom is -0.481 e. The Kier molecular flexibility index (Phi) is 3.93. The zero-order chi connectivity index (χ0) is 12.1. The first-order valence-corrected chi connectivity index (χ1v) is 4.77. The summed E-state index contributed by atoms with van der Waals surface area (Å²) in [5, 5.41) is 11.3. The van der Waals surface area contributed by atoms with Crippen molar-refractivity contribution in [2.24, 2.45) is 0 Å². The number of aryl methyl sites for hydroxylation is 1. The van der Waals surface area contributed by atoms with Crippen molar-refractivity contribution >= 4 is 11.9 Å². The first-order valence-electron chi connectivity index (χ1n) is 4.77. The van der Waals surface area contributed by atoms with E-state index in [1.165, 1.54) is 13.1 Å². The van der Waals surface area contributed by atoms with Gasteiger partial charge in [-0.1, -0.05) is 0 Å². The SMILES string of the molecule is CC(=O)NC(CC(=O)O)c1ccnc(C)n1. The molecule has 1 aromatic rings. The summed E-state index contributed by atoms with van der Waals surface area (Å²) in [4.78, 5) is 29.6. The van der Waals surface area contributed by atoms with Crippen LogP contribution in [0.3, 0.4) is 0 Å². The van der Waals surface area contributed by atoms with Crippen LogP contribution in [0.4, 0.5) is 0 Å². The van der Waals surface area contributed by atoms with E-state index in [4.69, 9.17) is 5.11 Å². The maximum absolute atomic E-state index is 10.9. The smallest absolute Gasteiger partial charge is 0.305 e. The van der Waals surface area contributed by atoms with Crippen molar-refractivity contribution in [2.75, 3.05) is 0 Å². The van der Waals surface area contributed by atoms with Crippen LogP contribution in [0, 0.1) is 6.92 Å². The summed E-state index contributed by atoms with van der Waals surface area (Å²) in [6.07, 6.45) is 1.34. The minimum absolute atomic E-state index is 0.198. The average molecular weight is 223 g/mol. The lowest BCUT2D eigenvalue weighted by Crippen LogP contribution is -2.28. The van der Waals surface area contributed by atoms with Gasteiger partial charge in [0.1, 0.15) is 5.82 Å². The predicted octanol–water partition coefficient (Wildman–Crippen LogP) is 0.437. The lowest BCUT2D eigenvalue weighted by atomic mass is 10.1. The van der Waals surface area contributed by atoms with Crippen LogP contribution in [-0.2, 0) is 9.59 Å². The maximum Gasteiger partial charge on any atom is 0.305 e. The molecular weight excluding hydrogens is 210 g/mol. The van der Waals surface area contributed by atoms with E-state index in [1.807, 2.05) is 0 Å². The van der Waals surface area contributed by atoms with Gasteiger partial charge in [0, 0.05) is 13.1 Å². The monoisotopic (exact) mass is 223 g/mol. The Bertz CT molecular complexity index is 390. The molecule has 0 radical (unpaired) electrons. The van der Waals surface area contributed by atoms with Crippen molar-refractivity contribution in [1.82, 2.24) is 15.3 Å². The van der Waals surface area contributed by atoms with Gasteiger partial charge >= 0.3 is 5.97 Å². The van der Waals surface area contributed by atoms with Crippen molar-refractivity contribution in [3.05, 3.63) is 23.8 Å². The normalized spacial score (nSPS) is 11.9. The highest BCUT2D eigenvalue weighted by molar-refractivity contribution is 5.75. The molecule has 0 aliphatic carbocycles. The summed E-state index contributed by atoms with van der Waals surface area (Å²) in [5.74, 6) is -0.740. The van der Waals surface area contributed by atoms with Gasteiger partial charge in [-0.2, -0.15) is 0 Å². The van der Waals surface area contributed by atoms with Crippen molar-refractivity contribution in [2.45, 2.75) is 26.3 Å². The van der Waals surface area contributed by atoms with Gasteiger partial charge in [-0.25, -0.2) is 9.97 Å². The molecule has 0 aliphatic rings. The highest BCUT2D eigenvalue weighted by Crippen LogP contribution is 2.13. The van der Waals surface area contributed by atoms with E-state index >= 15 is 0 Å². The van der Waals surface area contributed by atoms with E-state index < -0.39 is 12.0 Å². The highest BCUT2D eigenvalue weighted by atomic mass is 16.4. The minimum atomic E-state index is -0.991. The van der Waals surface area contributed by atoms with Gasteiger partial charge < -0.3 is 10.4 Å². The molecule has 0 spiro atoms. The van der Waals surface area contributed by atoms with Crippen LogP contribution in [0.5, 0.6) is 0 Å².